The molecule has 72 valence electrons. The first kappa shape index (κ1) is 10.5. The zero-order chi connectivity index (χ0) is 10.1. The Morgan fingerprint density at radius 3 is 2.08 bits per heavy atom. The Hall–Kier alpha value is -0.580. The van der Waals surface area contributed by atoms with E-state index in [9.17, 15) is 8.42 Å². The monoisotopic (exact) mass is 219 g/mol. The third kappa shape index (κ3) is 2.02. The summed E-state index contributed by atoms with van der Waals surface area (Å²) in [4.78, 5) is 0.255. The molecule has 1 aromatic carbocycles. The fourth-order valence-electron chi connectivity index (χ4n) is 1.26. The first-order valence-electron chi connectivity index (χ1n) is 3.67. The quantitative estimate of drug-likeness (QED) is 0.771. The van der Waals surface area contributed by atoms with Gasteiger partial charge in [-0.3, -0.25) is 0 Å². The standard InChI is InChI=1S/C8H10ClNO2S/c1-6-4-3-5-7(2)8(6)13(11,12)10-9/h3-5,10H,1-2H3. The average molecular weight is 220 g/mol. The second-order valence-electron chi connectivity index (χ2n) is 2.80. The van der Waals surface area contributed by atoms with Crippen LogP contribution >= 0.6 is 11.8 Å². The molecule has 0 amide bonds. The van der Waals surface area contributed by atoms with E-state index < -0.39 is 10.0 Å². The van der Waals surface area contributed by atoms with Gasteiger partial charge in [0, 0.05) is 0 Å². The normalized spacial score (nSPS) is 11.6. The first-order chi connectivity index (χ1) is 5.99. The van der Waals surface area contributed by atoms with E-state index in [2.05, 4.69) is 0 Å². The highest BCUT2D eigenvalue weighted by molar-refractivity contribution is 7.90. The number of hydrogen-bond acceptors (Lipinski definition) is 2. The highest BCUT2D eigenvalue weighted by Crippen LogP contribution is 2.19. The maximum absolute atomic E-state index is 11.4. The van der Waals surface area contributed by atoms with Crippen molar-refractivity contribution in [3.05, 3.63) is 29.3 Å². The lowest BCUT2D eigenvalue weighted by atomic mass is 10.2. The van der Waals surface area contributed by atoms with Crippen LogP contribution < -0.4 is 4.24 Å². The Morgan fingerprint density at radius 1 is 1.23 bits per heavy atom. The minimum absolute atomic E-state index is 0.255. The van der Waals surface area contributed by atoms with Crippen LogP contribution in [0.25, 0.3) is 0 Å². The average Bonchev–Trinajstić information content (AvgIpc) is 2.03. The minimum Gasteiger partial charge on any atom is -0.206 e. The van der Waals surface area contributed by atoms with Gasteiger partial charge in [0.15, 0.2) is 0 Å². The number of halogens is 1. The SMILES string of the molecule is Cc1cccc(C)c1S(=O)(=O)NCl. The lowest BCUT2D eigenvalue weighted by Crippen LogP contribution is -2.16. The van der Waals surface area contributed by atoms with Crippen LogP contribution in [0.1, 0.15) is 11.1 Å². The summed E-state index contributed by atoms with van der Waals surface area (Å²) in [6, 6.07) is 5.26. The number of rotatable bonds is 2. The summed E-state index contributed by atoms with van der Waals surface area (Å²) in [7, 11) is -3.54. The summed E-state index contributed by atoms with van der Waals surface area (Å²) in [5, 5.41) is 0. The van der Waals surface area contributed by atoms with Gasteiger partial charge in [-0.25, -0.2) is 8.42 Å². The zero-order valence-corrected chi connectivity index (χ0v) is 8.91. The van der Waals surface area contributed by atoms with Gasteiger partial charge in [0.25, 0.3) is 10.0 Å². The molecule has 0 bridgehead atoms. The smallest absolute Gasteiger partial charge is 0.206 e. The molecular weight excluding hydrogens is 210 g/mol. The van der Waals surface area contributed by atoms with Crippen LogP contribution in [0.4, 0.5) is 0 Å². The summed E-state index contributed by atoms with van der Waals surface area (Å²) in [5.41, 5.74) is 1.38. The molecule has 1 aromatic rings. The van der Waals surface area contributed by atoms with Crippen molar-refractivity contribution in [2.45, 2.75) is 18.7 Å². The van der Waals surface area contributed by atoms with Crippen molar-refractivity contribution in [1.82, 2.24) is 4.24 Å². The molecule has 0 unspecified atom stereocenters. The number of hydrogen-bond donors (Lipinski definition) is 1. The molecule has 0 saturated heterocycles. The summed E-state index contributed by atoms with van der Waals surface area (Å²) in [6.07, 6.45) is 0. The molecule has 0 saturated carbocycles. The van der Waals surface area contributed by atoms with E-state index in [0.717, 1.165) is 0 Å². The number of benzene rings is 1. The molecule has 0 aromatic heterocycles. The Morgan fingerprint density at radius 2 is 1.69 bits per heavy atom. The molecule has 0 heterocycles. The van der Waals surface area contributed by atoms with Gasteiger partial charge in [0.05, 0.1) is 4.90 Å². The molecule has 13 heavy (non-hydrogen) atoms. The molecule has 0 aliphatic rings. The van der Waals surface area contributed by atoms with Crippen molar-refractivity contribution in [3.63, 3.8) is 0 Å². The number of nitrogens with one attached hydrogen (secondary N) is 1. The van der Waals surface area contributed by atoms with Crippen LogP contribution in [0, 0.1) is 13.8 Å². The van der Waals surface area contributed by atoms with Gasteiger partial charge in [-0.05, 0) is 36.8 Å². The molecule has 5 heteroatoms. The van der Waals surface area contributed by atoms with Gasteiger partial charge in [0.2, 0.25) is 0 Å². The number of sulfonamides is 1. The van der Waals surface area contributed by atoms with Crippen molar-refractivity contribution in [3.8, 4) is 0 Å². The van der Waals surface area contributed by atoms with Crippen LogP contribution in [0.2, 0.25) is 0 Å². The maximum atomic E-state index is 11.4. The zero-order valence-electron chi connectivity index (χ0n) is 7.33. The van der Waals surface area contributed by atoms with E-state index >= 15 is 0 Å². The second-order valence-corrected chi connectivity index (χ2v) is 4.83. The van der Waals surface area contributed by atoms with Crippen LogP contribution in [0.15, 0.2) is 23.1 Å². The largest absolute Gasteiger partial charge is 0.254 e. The van der Waals surface area contributed by atoms with Crippen LogP contribution in [0.3, 0.4) is 0 Å². The van der Waals surface area contributed by atoms with Crippen molar-refractivity contribution in [2.24, 2.45) is 0 Å². The predicted octanol–water partition coefficient (Wildman–Crippen LogP) is 1.74. The van der Waals surface area contributed by atoms with Gasteiger partial charge in [-0.2, -0.15) is 0 Å². The van der Waals surface area contributed by atoms with Crippen LogP contribution in [-0.4, -0.2) is 8.42 Å². The molecule has 0 aliphatic carbocycles. The molecule has 1 rings (SSSR count). The van der Waals surface area contributed by atoms with E-state index in [4.69, 9.17) is 11.8 Å². The Kier molecular flexibility index (Phi) is 2.95. The third-order valence-corrected chi connectivity index (χ3v) is 3.77. The molecule has 3 nitrogen and oxygen atoms in total. The summed E-state index contributed by atoms with van der Waals surface area (Å²) >= 11 is 5.13. The van der Waals surface area contributed by atoms with E-state index in [0.29, 0.717) is 11.1 Å². The first-order valence-corrected chi connectivity index (χ1v) is 5.54. The molecule has 1 N–H and O–H groups in total. The fourth-order valence-corrected chi connectivity index (χ4v) is 2.55. The molecule has 0 radical (unpaired) electrons. The summed E-state index contributed by atoms with van der Waals surface area (Å²) in [5.74, 6) is 0. The Balaban J connectivity index is 3.46. The van der Waals surface area contributed by atoms with Crippen molar-refractivity contribution < 1.29 is 8.42 Å². The molecular formula is C8H10ClNO2S. The van der Waals surface area contributed by atoms with E-state index in [1.54, 1.807) is 36.3 Å². The number of aryl methyl sites for hydroxylation is 2. The van der Waals surface area contributed by atoms with Crippen LogP contribution in [0.5, 0.6) is 0 Å². The second kappa shape index (κ2) is 3.65. The van der Waals surface area contributed by atoms with E-state index in [-0.39, 0.29) is 4.90 Å². The molecule has 0 fully saturated rings. The van der Waals surface area contributed by atoms with Gasteiger partial charge >= 0.3 is 0 Å². The van der Waals surface area contributed by atoms with Gasteiger partial charge in [-0.15, -0.1) is 4.24 Å². The van der Waals surface area contributed by atoms with E-state index in [1.165, 1.54) is 0 Å². The summed E-state index contributed by atoms with van der Waals surface area (Å²) < 4.78 is 24.6. The van der Waals surface area contributed by atoms with Crippen molar-refractivity contribution >= 4 is 21.8 Å². The summed E-state index contributed by atoms with van der Waals surface area (Å²) in [6.45, 7) is 3.46. The van der Waals surface area contributed by atoms with Crippen molar-refractivity contribution in [2.75, 3.05) is 0 Å². The minimum atomic E-state index is -3.54. The van der Waals surface area contributed by atoms with Gasteiger partial charge in [-0.1, -0.05) is 18.2 Å². The molecule has 0 spiro atoms. The highest BCUT2D eigenvalue weighted by atomic mass is 35.5. The van der Waals surface area contributed by atoms with E-state index in [1.807, 2.05) is 0 Å². The Bertz CT molecular complexity index is 394. The van der Waals surface area contributed by atoms with Crippen LogP contribution in [-0.2, 0) is 10.0 Å². The lowest BCUT2D eigenvalue weighted by molar-refractivity contribution is 0.592. The molecule has 0 atom stereocenters. The fraction of sp³-hybridized carbons (Fsp3) is 0.250. The Labute approximate surface area is 82.9 Å². The molecule has 0 aliphatic heterocycles. The highest BCUT2D eigenvalue weighted by Gasteiger charge is 2.17. The topological polar surface area (TPSA) is 46.2 Å². The third-order valence-electron chi connectivity index (χ3n) is 1.78. The lowest BCUT2D eigenvalue weighted by Gasteiger charge is -2.07. The van der Waals surface area contributed by atoms with Gasteiger partial charge < -0.3 is 0 Å². The predicted molar refractivity (Wildman–Crippen MR) is 52.1 cm³/mol. The maximum Gasteiger partial charge on any atom is 0.254 e. The van der Waals surface area contributed by atoms with Gasteiger partial charge in [0.1, 0.15) is 0 Å². The van der Waals surface area contributed by atoms with Crippen molar-refractivity contribution in [1.29, 1.82) is 0 Å².